The average molecular weight is 453 g/mol. The maximum absolute atomic E-state index is 14.2. The minimum absolute atomic E-state index is 0.0197. The third kappa shape index (κ3) is 2.63. The molecule has 0 aliphatic rings. The quantitative estimate of drug-likeness (QED) is 0.521. The maximum atomic E-state index is 14.2. The van der Waals surface area contributed by atoms with Crippen LogP contribution in [0.25, 0.3) is 22.4 Å². The van der Waals surface area contributed by atoms with Crippen molar-refractivity contribution in [3.05, 3.63) is 42.7 Å². The Kier molecular flexibility index (Phi) is 4.09. The Balaban J connectivity index is 2.30. The highest BCUT2D eigenvalue weighted by molar-refractivity contribution is 9.12. The predicted molar refractivity (Wildman–Crippen MR) is 90.0 cm³/mol. The van der Waals surface area contributed by atoms with Gasteiger partial charge in [-0.15, -0.1) is 11.3 Å². The first kappa shape index (κ1) is 15.0. The normalized spacial score (nSPS) is 11.0. The Bertz CT molecular complexity index is 813. The molecule has 1 aromatic carbocycles. The molecule has 3 nitrogen and oxygen atoms in total. The van der Waals surface area contributed by atoms with Crippen LogP contribution in [0.4, 0.5) is 10.3 Å². The Morgan fingerprint density at radius 2 is 2.05 bits per heavy atom. The van der Waals surface area contributed by atoms with Crippen LogP contribution in [-0.2, 0) is 0 Å². The van der Waals surface area contributed by atoms with E-state index in [1.807, 2.05) is 6.07 Å². The molecule has 0 aliphatic heterocycles. The first-order valence-electron chi connectivity index (χ1n) is 5.63. The van der Waals surface area contributed by atoms with Crippen LogP contribution >= 0.6 is 54.8 Å². The van der Waals surface area contributed by atoms with Gasteiger partial charge in [-0.2, -0.15) is 0 Å². The monoisotopic (exact) mass is 450 g/mol. The molecule has 2 aromatic heterocycles. The molecule has 108 valence electrons. The number of halogens is 4. The summed E-state index contributed by atoms with van der Waals surface area (Å²) in [6.45, 7) is 0. The number of benzene rings is 1. The van der Waals surface area contributed by atoms with E-state index in [-0.39, 0.29) is 16.5 Å². The largest absolute Gasteiger partial charge is 0.367 e. The summed E-state index contributed by atoms with van der Waals surface area (Å²) in [5.41, 5.74) is 7.55. The minimum atomic E-state index is -0.482. The van der Waals surface area contributed by atoms with Crippen molar-refractivity contribution in [2.75, 3.05) is 5.73 Å². The number of thiophene rings is 1. The van der Waals surface area contributed by atoms with Gasteiger partial charge in [-0.3, -0.25) is 0 Å². The fourth-order valence-electron chi connectivity index (χ4n) is 1.97. The van der Waals surface area contributed by atoms with E-state index in [0.717, 1.165) is 13.1 Å². The summed E-state index contributed by atoms with van der Waals surface area (Å²) >= 11 is 14.4. The SMILES string of the molecule is Nc1onc(-c2cc(Br)sc2Br)c1-c1c(F)cccc1Cl. The lowest BCUT2D eigenvalue weighted by Crippen LogP contribution is -1.91. The molecule has 21 heavy (non-hydrogen) atoms. The molecule has 0 atom stereocenters. The van der Waals surface area contributed by atoms with Crippen LogP contribution in [-0.4, -0.2) is 5.16 Å². The number of nitrogens with two attached hydrogens (primary N) is 1. The Morgan fingerprint density at radius 3 is 2.67 bits per heavy atom. The lowest BCUT2D eigenvalue weighted by atomic mass is 10.0. The molecular weight excluding hydrogens is 446 g/mol. The van der Waals surface area contributed by atoms with Crippen molar-refractivity contribution in [2.45, 2.75) is 0 Å². The second-order valence-electron chi connectivity index (χ2n) is 4.10. The van der Waals surface area contributed by atoms with Crippen LogP contribution in [0.3, 0.4) is 0 Å². The molecule has 0 saturated carbocycles. The van der Waals surface area contributed by atoms with E-state index < -0.39 is 5.82 Å². The third-order valence-electron chi connectivity index (χ3n) is 2.84. The molecule has 0 radical (unpaired) electrons. The predicted octanol–water partition coefficient (Wildman–Crippen LogP) is 5.97. The van der Waals surface area contributed by atoms with Gasteiger partial charge in [0.25, 0.3) is 0 Å². The van der Waals surface area contributed by atoms with Crippen LogP contribution in [0.5, 0.6) is 0 Å². The van der Waals surface area contributed by atoms with E-state index in [1.165, 1.54) is 23.5 Å². The van der Waals surface area contributed by atoms with Gasteiger partial charge in [0.2, 0.25) is 5.88 Å². The fraction of sp³-hybridized carbons (Fsp3) is 0. The van der Waals surface area contributed by atoms with Crippen molar-refractivity contribution in [1.82, 2.24) is 5.16 Å². The molecule has 0 aliphatic carbocycles. The molecule has 0 saturated heterocycles. The van der Waals surface area contributed by atoms with Crippen LogP contribution in [0.2, 0.25) is 5.02 Å². The number of anilines is 1. The zero-order valence-electron chi connectivity index (χ0n) is 10.2. The standard InChI is InChI=1S/C13H6Br2ClFN2OS/c14-8-4-5(12(15)21-8)11-10(13(18)20-19-11)9-6(16)2-1-3-7(9)17/h1-4H,18H2. The molecule has 0 unspecified atom stereocenters. The summed E-state index contributed by atoms with van der Waals surface area (Å²) < 4.78 is 20.9. The average Bonchev–Trinajstić information content (AvgIpc) is 2.93. The Labute approximate surface area is 145 Å². The van der Waals surface area contributed by atoms with Gasteiger partial charge in [0.15, 0.2) is 0 Å². The molecule has 3 rings (SSSR count). The number of nitrogen functional groups attached to an aromatic ring is 1. The molecule has 2 N–H and O–H groups in total. The Hall–Kier alpha value is -0.890. The molecule has 0 spiro atoms. The number of rotatable bonds is 2. The summed E-state index contributed by atoms with van der Waals surface area (Å²) in [4.78, 5) is 0. The van der Waals surface area contributed by atoms with Gasteiger partial charge in [0.05, 0.1) is 18.2 Å². The highest BCUT2D eigenvalue weighted by Gasteiger charge is 2.24. The molecule has 0 bridgehead atoms. The smallest absolute Gasteiger partial charge is 0.230 e. The first-order valence-corrected chi connectivity index (χ1v) is 8.41. The van der Waals surface area contributed by atoms with Crippen LogP contribution in [0, 0.1) is 5.82 Å². The Morgan fingerprint density at radius 1 is 1.29 bits per heavy atom. The first-order chi connectivity index (χ1) is 9.99. The molecule has 8 heteroatoms. The summed E-state index contributed by atoms with van der Waals surface area (Å²) in [5, 5.41) is 4.20. The van der Waals surface area contributed by atoms with Crippen molar-refractivity contribution >= 4 is 60.7 Å². The third-order valence-corrected chi connectivity index (χ3v) is 5.50. The second kappa shape index (κ2) is 5.72. The van der Waals surface area contributed by atoms with Crippen molar-refractivity contribution in [3.8, 4) is 22.4 Å². The van der Waals surface area contributed by atoms with E-state index in [1.54, 1.807) is 6.07 Å². The van der Waals surface area contributed by atoms with E-state index in [4.69, 9.17) is 21.9 Å². The van der Waals surface area contributed by atoms with E-state index >= 15 is 0 Å². The summed E-state index contributed by atoms with van der Waals surface area (Å²) in [6.07, 6.45) is 0. The second-order valence-corrected chi connectivity index (χ2v) is 8.26. The van der Waals surface area contributed by atoms with Crippen molar-refractivity contribution < 1.29 is 8.91 Å². The van der Waals surface area contributed by atoms with Crippen molar-refractivity contribution in [3.63, 3.8) is 0 Å². The highest BCUT2D eigenvalue weighted by atomic mass is 79.9. The number of aromatic nitrogens is 1. The minimum Gasteiger partial charge on any atom is -0.367 e. The zero-order chi connectivity index (χ0) is 15.1. The molecule has 3 aromatic rings. The van der Waals surface area contributed by atoms with Crippen molar-refractivity contribution in [2.24, 2.45) is 0 Å². The lowest BCUT2D eigenvalue weighted by Gasteiger charge is -2.06. The van der Waals surface area contributed by atoms with Gasteiger partial charge in [0, 0.05) is 11.1 Å². The van der Waals surface area contributed by atoms with Gasteiger partial charge < -0.3 is 10.3 Å². The fourth-order valence-corrected chi connectivity index (χ4v) is 5.03. The van der Waals surface area contributed by atoms with Gasteiger partial charge in [-0.1, -0.05) is 22.8 Å². The summed E-state index contributed by atoms with van der Waals surface area (Å²) in [5.74, 6) is -0.463. The van der Waals surface area contributed by atoms with Crippen LogP contribution in [0.15, 0.2) is 36.4 Å². The van der Waals surface area contributed by atoms with Gasteiger partial charge in [-0.05, 0) is 50.1 Å². The van der Waals surface area contributed by atoms with E-state index in [9.17, 15) is 4.39 Å². The summed E-state index contributed by atoms with van der Waals surface area (Å²) in [6, 6.07) is 6.29. The van der Waals surface area contributed by atoms with Gasteiger partial charge >= 0.3 is 0 Å². The number of nitrogens with zero attached hydrogens (tertiary/aromatic N) is 1. The topological polar surface area (TPSA) is 52.0 Å². The van der Waals surface area contributed by atoms with Gasteiger partial charge in [0.1, 0.15) is 11.5 Å². The number of hydrogen-bond acceptors (Lipinski definition) is 4. The molecular formula is C13H6Br2ClFN2OS. The summed E-state index contributed by atoms with van der Waals surface area (Å²) in [7, 11) is 0. The molecule has 0 fully saturated rings. The zero-order valence-corrected chi connectivity index (χ0v) is 14.9. The lowest BCUT2D eigenvalue weighted by molar-refractivity contribution is 0.439. The van der Waals surface area contributed by atoms with Crippen LogP contribution in [0.1, 0.15) is 0 Å². The molecule has 2 heterocycles. The van der Waals surface area contributed by atoms with Crippen molar-refractivity contribution in [1.29, 1.82) is 0 Å². The maximum Gasteiger partial charge on any atom is 0.230 e. The van der Waals surface area contributed by atoms with E-state index in [0.29, 0.717) is 11.3 Å². The van der Waals surface area contributed by atoms with Crippen LogP contribution < -0.4 is 5.73 Å². The number of hydrogen-bond donors (Lipinski definition) is 1. The van der Waals surface area contributed by atoms with Gasteiger partial charge in [-0.25, -0.2) is 4.39 Å². The highest BCUT2D eigenvalue weighted by Crippen LogP contribution is 2.45. The van der Waals surface area contributed by atoms with E-state index in [2.05, 4.69) is 37.0 Å². The molecule has 0 amide bonds.